The van der Waals surface area contributed by atoms with Crippen LogP contribution in [0.5, 0.6) is 5.75 Å². The number of hydrogen-bond acceptors (Lipinski definition) is 5. The van der Waals surface area contributed by atoms with Crippen molar-refractivity contribution in [2.45, 2.75) is 25.0 Å². The number of carbonyl (C=O) groups excluding carboxylic acids is 2. The molecule has 2 aromatic rings. The van der Waals surface area contributed by atoms with Gasteiger partial charge in [-0.3, -0.25) is 9.59 Å². The fourth-order valence-electron chi connectivity index (χ4n) is 2.83. The van der Waals surface area contributed by atoms with E-state index < -0.39 is 6.10 Å². The second kappa shape index (κ2) is 9.16. The number of benzene rings is 2. The molecule has 0 unspecified atom stereocenters. The summed E-state index contributed by atoms with van der Waals surface area (Å²) in [4.78, 5) is 24.2. The van der Waals surface area contributed by atoms with E-state index >= 15 is 0 Å². The smallest absolute Gasteiger partial charge is 0.262 e. The van der Waals surface area contributed by atoms with Gasteiger partial charge in [-0.05, 0) is 37.1 Å². The first-order chi connectivity index (χ1) is 13.1. The molecule has 27 heavy (non-hydrogen) atoms. The summed E-state index contributed by atoms with van der Waals surface area (Å²) in [7, 11) is 0. The van der Waals surface area contributed by atoms with E-state index in [9.17, 15) is 9.59 Å². The van der Waals surface area contributed by atoms with Crippen molar-refractivity contribution in [2.24, 2.45) is 5.73 Å². The largest absolute Gasteiger partial charge is 0.484 e. The highest BCUT2D eigenvalue weighted by molar-refractivity contribution is 5.94. The van der Waals surface area contributed by atoms with Crippen LogP contribution in [0.1, 0.15) is 12.8 Å². The van der Waals surface area contributed by atoms with Crippen LogP contribution in [0.4, 0.5) is 11.4 Å². The first kappa shape index (κ1) is 18.9. The maximum absolute atomic E-state index is 12.3. The number of carbonyl (C=O) groups is 2. The number of hydrogen-bond donors (Lipinski definition) is 3. The lowest BCUT2D eigenvalue weighted by Crippen LogP contribution is -2.29. The molecule has 7 nitrogen and oxygen atoms in total. The number of nitrogens with two attached hydrogens (primary N) is 1. The fraction of sp³-hybridized carbons (Fsp3) is 0.300. The molecule has 2 aromatic carbocycles. The zero-order chi connectivity index (χ0) is 19.1. The van der Waals surface area contributed by atoms with E-state index in [0.29, 0.717) is 30.1 Å². The minimum absolute atomic E-state index is 0.0569. The Morgan fingerprint density at radius 1 is 1.04 bits per heavy atom. The monoisotopic (exact) mass is 369 g/mol. The Morgan fingerprint density at radius 2 is 1.81 bits per heavy atom. The lowest BCUT2D eigenvalue weighted by molar-refractivity contribution is -0.126. The van der Waals surface area contributed by atoms with E-state index in [0.717, 1.165) is 6.42 Å². The quantitative estimate of drug-likeness (QED) is 0.694. The van der Waals surface area contributed by atoms with Gasteiger partial charge in [0.1, 0.15) is 11.9 Å². The molecule has 2 atom stereocenters. The van der Waals surface area contributed by atoms with Crippen molar-refractivity contribution < 1.29 is 19.1 Å². The van der Waals surface area contributed by atoms with E-state index in [1.807, 2.05) is 18.2 Å². The van der Waals surface area contributed by atoms with Gasteiger partial charge in [-0.1, -0.05) is 24.3 Å². The van der Waals surface area contributed by atoms with Gasteiger partial charge in [0.05, 0.1) is 6.10 Å². The third-order valence-corrected chi connectivity index (χ3v) is 4.19. The number of rotatable bonds is 7. The van der Waals surface area contributed by atoms with E-state index in [1.165, 1.54) is 0 Å². The minimum atomic E-state index is -0.486. The Labute approximate surface area is 157 Å². The van der Waals surface area contributed by atoms with Gasteiger partial charge in [0.25, 0.3) is 11.8 Å². The van der Waals surface area contributed by atoms with Crippen molar-refractivity contribution >= 4 is 23.2 Å². The second-order valence-electron chi connectivity index (χ2n) is 6.28. The highest BCUT2D eigenvalue weighted by Crippen LogP contribution is 2.22. The average molecular weight is 369 g/mol. The van der Waals surface area contributed by atoms with Gasteiger partial charge in [0.15, 0.2) is 6.61 Å². The van der Waals surface area contributed by atoms with Crippen molar-refractivity contribution in [1.29, 1.82) is 0 Å². The molecule has 2 amide bonds. The fourth-order valence-corrected chi connectivity index (χ4v) is 2.83. The van der Waals surface area contributed by atoms with E-state index in [-0.39, 0.29) is 24.5 Å². The zero-order valence-corrected chi connectivity index (χ0v) is 14.9. The van der Waals surface area contributed by atoms with Crippen molar-refractivity contribution in [3.8, 4) is 5.75 Å². The van der Waals surface area contributed by atoms with Gasteiger partial charge in [0, 0.05) is 24.0 Å². The molecule has 1 aliphatic rings. The van der Waals surface area contributed by atoms with E-state index in [4.69, 9.17) is 15.2 Å². The zero-order valence-electron chi connectivity index (χ0n) is 14.9. The van der Waals surface area contributed by atoms with Crippen LogP contribution in [0.2, 0.25) is 0 Å². The number of para-hydroxylation sites is 1. The molecular formula is C20H23N3O4. The summed E-state index contributed by atoms with van der Waals surface area (Å²) in [6.07, 6.45) is 0.899. The summed E-state index contributed by atoms with van der Waals surface area (Å²) in [5, 5.41) is 5.56. The molecule has 0 bridgehead atoms. The first-order valence-electron chi connectivity index (χ1n) is 8.88. The molecule has 7 heteroatoms. The maximum Gasteiger partial charge on any atom is 0.262 e. The summed E-state index contributed by atoms with van der Waals surface area (Å²) in [5.41, 5.74) is 6.86. The van der Waals surface area contributed by atoms with Crippen LogP contribution in [0.3, 0.4) is 0 Å². The maximum atomic E-state index is 12.3. The van der Waals surface area contributed by atoms with Crippen LogP contribution in [-0.4, -0.2) is 37.2 Å². The third-order valence-electron chi connectivity index (χ3n) is 4.19. The highest BCUT2D eigenvalue weighted by atomic mass is 16.5. The molecule has 0 saturated carbocycles. The van der Waals surface area contributed by atoms with Crippen LogP contribution in [0.25, 0.3) is 0 Å². The predicted molar refractivity (Wildman–Crippen MR) is 103 cm³/mol. The van der Waals surface area contributed by atoms with E-state index in [2.05, 4.69) is 10.6 Å². The summed E-state index contributed by atoms with van der Waals surface area (Å²) < 4.78 is 11.1. The van der Waals surface area contributed by atoms with Crippen LogP contribution >= 0.6 is 0 Å². The molecular weight excluding hydrogens is 346 g/mol. The Kier molecular flexibility index (Phi) is 6.40. The molecule has 0 radical (unpaired) electrons. The lowest BCUT2D eigenvalue weighted by Gasteiger charge is -2.13. The molecule has 0 aliphatic carbocycles. The number of nitrogens with one attached hydrogen (secondary N) is 2. The van der Waals surface area contributed by atoms with Crippen molar-refractivity contribution in [3.63, 3.8) is 0 Å². The molecule has 1 aliphatic heterocycles. The van der Waals surface area contributed by atoms with Crippen molar-refractivity contribution in [3.05, 3.63) is 54.6 Å². The Bertz CT molecular complexity index is 782. The molecule has 4 N–H and O–H groups in total. The van der Waals surface area contributed by atoms with Crippen LogP contribution < -0.4 is 21.1 Å². The van der Waals surface area contributed by atoms with Gasteiger partial charge in [0.2, 0.25) is 0 Å². The van der Waals surface area contributed by atoms with Crippen molar-refractivity contribution in [1.82, 2.24) is 0 Å². The normalized spacial score (nSPS) is 18.7. The standard InChI is InChI=1S/C20H23N3O4/c21-12-17-9-10-18(27-17)20(25)23-15-7-4-8-16(11-15)26-13-19(24)22-14-5-2-1-3-6-14/h1-8,11,17-18H,9-10,12-13,21H2,(H,22,24)(H,23,25)/t17-,18+/m1/s1. The highest BCUT2D eigenvalue weighted by Gasteiger charge is 2.29. The molecule has 1 heterocycles. The SMILES string of the molecule is NC[C@H]1CC[C@@H](C(=O)Nc2cccc(OCC(=O)Nc3ccccc3)c2)O1. The third kappa shape index (κ3) is 5.54. The Morgan fingerprint density at radius 3 is 2.56 bits per heavy atom. The molecule has 142 valence electrons. The molecule has 0 spiro atoms. The topological polar surface area (TPSA) is 103 Å². The Hall–Kier alpha value is -2.90. The first-order valence-corrected chi connectivity index (χ1v) is 8.88. The van der Waals surface area contributed by atoms with Gasteiger partial charge in [-0.2, -0.15) is 0 Å². The second-order valence-corrected chi connectivity index (χ2v) is 6.28. The summed E-state index contributed by atoms with van der Waals surface area (Å²) in [6, 6.07) is 16.0. The summed E-state index contributed by atoms with van der Waals surface area (Å²) in [6.45, 7) is 0.286. The van der Waals surface area contributed by atoms with Gasteiger partial charge in [-0.15, -0.1) is 0 Å². The molecule has 1 fully saturated rings. The number of anilines is 2. The van der Waals surface area contributed by atoms with Crippen LogP contribution in [-0.2, 0) is 14.3 Å². The van der Waals surface area contributed by atoms with Gasteiger partial charge >= 0.3 is 0 Å². The molecule has 3 rings (SSSR count). The minimum Gasteiger partial charge on any atom is -0.484 e. The summed E-state index contributed by atoms with van der Waals surface area (Å²) in [5.74, 6) is 0.0240. The van der Waals surface area contributed by atoms with E-state index in [1.54, 1.807) is 36.4 Å². The summed E-state index contributed by atoms with van der Waals surface area (Å²) >= 11 is 0. The van der Waals surface area contributed by atoms with Crippen molar-refractivity contribution in [2.75, 3.05) is 23.8 Å². The van der Waals surface area contributed by atoms with Crippen LogP contribution in [0.15, 0.2) is 54.6 Å². The average Bonchev–Trinajstić information content (AvgIpc) is 3.17. The predicted octanol–water partition coefficient (Wildman–Crippen LogP) is 2.15. The Balaban J connectivity index is 1.50. The van der Waals surface area contributed by atoms with Gasteiger partial charge < -0.3 is 25.8 Å². The number of ether oxygens (including phenoxy) is 2. The molecule has 0 aromatic heterocycles. The number of amides is 2. The van der Waals surface area contributed by atoms with Gasteiger partial charge in [-0.25, -0.2) is 0 Å². The lowest BCUT2D eigenvalue weighted by atomic mass is 10.2. The molecule has 1 saturated heterocycles. The van der Waals surface area contributed by atoms with Crippen LogP contribution in [0, 0.1) is 0 Å².